The number of hydrogen-bond acceptors (Lipinski definition) is 3. The molecule has 0 aromatic carbocycles. The fourth-order valence-electron chi connectivity index (χ4n) is 2.44. The first-order valence-electron chi connectivity index (χ1n) is 8.09. The number of allylic oxidation sites excluding steroid dienone is 4. The number of nitrogens with two attached hydrogens (primary N) is 1. The number of hydrogen-bond donors (Lipinski definition) is 3. The molecule has 0 saturated heterocycles. The lowest BCUT2D eigenvalue weighted by Crippen LogP contribution is -2.30. The monoisotopic (exact) mass is 308 g/mol. The lowest BCUT2D eigenvalue weighted by atomic mass is 9.92. The third-order valence-corrected chi connectivity index (χ3v) is 3.93. The Morgan fingerprint density at radius 1 is 1.41 bits per heavy atom. The van der Waals surface area contributed by atoms with Gasteiger partial charge in [-0.3, -0.25) is 9.59 Å². The summed E-state index contributed by atoms with van der Waals surface area (Å²) in [7, 11) is 0. The van der Waals surface area contributed by atoms with Gasteiger partial charge in [0.1, 0.15) is 6.04 Å². The van der Waals surface area contributed by atoms with Crippen molar-refractivity contribution in [2.45, 2.75) is 57.9 Å². The molecule has 22 heavy (non-hydrogen) atoms. The predicted octanol–water partition coefficient (Wildman–Crippen LogP) is 2.38. The molecule has 0 aromatic heterocycles. The van der Waals surface area contributed by atoms with Crippen LogP contribution in [0.2, 0.25) is 0 Å². The molecule has 1 unspecified atom stereocenters. The molecule has 0 aliphatic heterocycles. The van der Waals surface area contributed by atoms with Gasteiger partial charge in [-0.1, -0.05) is 23.8 Å². The lowest BCUT2D eigenvalue weighted by molar-refractivity contribution is -0.138. The first-order valence-corrected chi connectivity index (χ1v) is 8.09. The molecule has 2 atom stereocenters. The minimum Gasteiger partial charge on any atom is -0.480 e. The molecule has 1 aliphatic carbocycles. The second-order valence-corrected chi connectivity index (χ2v) is 5.99. The lowest BCUT2D eigenvalue weighted by Gasteiger charge is -2.14. The van der Waals surface area contributed by atoms with Crippen LogP contribution in [0.5, 0.6) is 0 Å². The van der Waals surface area contributed by atoms with Gasteiger partial charge in [-0.25, -0.2) is 0 Å². The largest absolute Gasteiger partial charge is 0.480 e. The molecule has 124 valence electrons. The van der Waals surface area contributed by atoms with Crippen LogP contribution in [0.4, 0.5) is 0 Å². The summed E-state index contributed by atoms with van der Waals surface area (Å²) in [6, 6.07) is -0.795. The van der Waals surface area contributed by atoms with E-state index in [0.29, 0.717) is 31.7 Å². The summed E-state index contributed by atoms with van der Waals surface area (Å²) in [5.74, 6) is -0.325. The van der Waals surface area contributed by atoms with E-state index in [9.17, 15) is 9.59 Å². The number of aliphatic carboxylic acids is 1. The normalized spacial score (nSPS) is 18.6. The van der Waals surface area contributed by atoms with E-state index in [4.69, 9.17) is 10.8 Å². The van der Waals surface area contributed by atoms with Crippen molar-refractivity contribution in [3.05, 3.63) is 23.8 Å². The number of carbonyl (C=O) groups excluding carboxylic acids is 1. The van der Waals surface area contributed by atoms with E-state index >= 15 is 0 Å². The standard InChI is InChI=1S/C17H28N2O3/c1-13-8-10-14(11-9-13)5-4-7-16(20)19-12-3-2-6-15(18)17(21)22/h8-10,14-15H,2-7,11-12,18H2,1H3,(H,19,20)(H,21,22)/t14?,15-/m0/s1. The summed E-state index contributed by atoms with van der Waals surface area (Å²) in [6.45, 7) is 2.69. The van der Waals surface area contributed by atoms with Crippen molar-refractivity contribution in [3.63, 3.8) is 0 Å². The van der Waals surface area contributed by atoms with Crippen LogP contribution in [0.1, 0.15) is 51.9 Å². The highest BCUT2D eigenvalue weighted by Gasteiger charge is 2.11. The third kappa shape index (κ3) is 7.98. The molecule has 1 rings (SSSR count). The summed E-state index contributed by atoms with van der Waals surface area (Å²) < 4.78 is 0. The Morgan fingerprint density at radius 2 is 2.18 bits per heavy atom. The van der Waals surface area contributed by atoms with Crippen molar-refractivity contribution >= 4 is 11.9 Å². The molecule has 1 amide bonds. The van der Waals surface area contributed by atoms with E-state index in [1.807, 2.05) is 0 Å². The Bertz CT molecular complexity index is 430. The third-order valence-electron chi connectivity index (χ3n) is 3.93. The average Bonchev–Trinajstić information content (AvgIpc) is 2.48. The molecule has 5 heteroatoms. The topological polar surface area (TPSA) is 92.4 Å². The number of unbranched alkanes of at least 4 members (excludes halogenated alkanes) is 1. The highest BCUT2D eigenvalue weighted by atomic mass is 16.4. The van der Waals surface area contributed by atoms with Gasteiger partial charge in [0.15, 0.2) is 0 Å². The Balaban J connectivity index is 1.98. The Kier molecular flexibility index (Phi) is 8.51. The molecule has 0 saturated carbocycles. The second kappa shape index (κ2) is 10.2. The van der Waals surface area contributed by atoms with Crippen molar-refractivity contribution in [2.24, 2.45) is 11.7 Å². The van der Waals surface area contributed by atoms with Gasteiger partial charge in [0.05, 0.1) is 0 Å². The maximum atomic E-state index is 11.7. The SMILES string of the molecule is CC1=CCC(CCCC(=O)NCCCC[C@H](N)C(=O)O)C=C1. The van der Waals surface area contributed by atoms with Crippen molar-refractivity contribution in [3.8, 4) is 0 Å². The maximum Gasteiger partial charge on any atom is 0.320 e. The maximum absolute atomic E-state index is 11.7. The fourth-order valence-corrected chi connectivity index (χ4v) is 2.44. The molecule has 0 spiro atoms. The molecule has 0 aromatic rings. The van der Waals surface area contributed by atoms with Crippen molar-refractivity contribution in [2.75, 3.05) is 6.54 Å². The highest BCUT2D eigenvalue weighted by molar-refractivity contribution is 5.75. The number of amides is 1. The van der Waals surface area contributed by atoms with E-state index in [2.05, 4.69) is 30.5 Å². The van der Waals surface area contributed by atoms with E-state index in [1.54, 1.807) is 0 Å². The zero-order valence-corrected chi connectivity index (χ0v) is 13.4. The Labute approximate surface area is 132 Å². The zero-order chi connectivity index (χ0) is 16.4. The number of carboxylic acids is 1. The van der Waals surface area contributed by atoms with Crippen molar-refractivity contribution in [1.29, 1.82) is 0 Å². The molecule has 0 bridgehead atoms. The zero-order valence-electron chi connectivity index (χ0n) is 13.4. The van der Waals surface area contributed by atoms with Gasteiger partial charge in [-0.05, 0) is 51.4 Å². The predicted molar refractivity (Wildman–Crippen MR) is 87.3 cm³/mol. The first-order chi connectivity index (χ1) is 10.5. The average molecular weight is 308 g/mol. The van der Waals surface area contributed by atoms with Gasteiger partial charge >= 0.3 is 5.97 Å². The van der Waals surface area contributed by atoms with Crippen LogP contribution >= 0.6 is 0 Å². The smallest absolute Gasteiger partial charge is 0.320 e. The van der Waals surface area contributed by atoms with E-state index < -0.39 is 12.0 Å². The molecule has 0 heterocycles. The summed E-state index contributed by atoms with van der Waals surface area (Å²) in [6.07, 6.45) is 12.1. The molecular weight excluding hydrogens is 280 g/mol. The molecule has 4 N–H and O–H groups in total. The van der Waals surface area contributed by atoms with Gasteiger partial charge in [0.2, 0.25) is 5.91 Å². The van der Waals surface area contributed by atoms with Crippen LogP contribution in [0.25, 0.3) is 0 Å². The van der Waals surface area contributed by atoms with Crippen LogP contribution in [-0.4, -0.2) is 29.6 Å². The van der Waals surface area contributed by atoms with E-state index in [-0.39, 0.29) is 5.91 Å². The van der Waals surface area contributed by atoms with Crippen LogP contribution in [-0.2, 0) is 9.59 Å². The Morgan fingerprint density at radius 3 is 2.82 bits per heavy atom. The molecule has 5 nitrogen and oxygen atoms in total. The Hall–Kier alpha value is -1.62. The minimum absolute atomic E-state index is 0.0778. The van der Waals surface area contributed by atoms with Gasteiger partial charge < -0.3 is 16.2 Å². The van der Waals surface area contributed by atoms with E-state index in [0.717, 1.165) is 25.7 Å². The van der Waals surface area contributed by atoms with Crippen molar-refractivity contribution in [1.82, 2.24) is 5.32 Å². The van der Waals surface area contributed by atoms with Gasteiger partial charge in [-0.15, -0.1) is 0 Å². The number of carbonyl (C=O) groups is 2. The van der Waals surface area contributed by atoms with Gasteiger partial charge in [0.25, 0.3) is 0 Å². The summed E-state index contributed by atoms with van der Waals surface area (Å²) >= 11 is 0. The highest BCUT2D eigenvalue weighted by Crippen LogP contribution is 2.21. The fraction of sp³-hybridized carbons (Fsp3) is 0.647. The summed E-state index contributed by atoms with van der Waals surface area (Å²) in [5, 5.41) is 11.5. The summed E-state index contributed by atoms with van der Waals surface area (Å²) in [5.41, 5.74) is 6.72. The quantitative estimate of drug-likeness (QED) is 0.540. The number of rotatable bonds is 10. The molecule has 1 aliphatic rings. The van der Waals surface area contributed by atoms with Crippen LogP contribution < -0.4 is 11.1 Å². The van der Waals surface area contributed by atoms with Crippen LogP contribution in [0, 0.1) is 5.92 Å². The van der Waals surface area contributed by atoms with Crippen LogP contribution in [0.3, 0.4) is 0 Å². The minimum atomic E-state index is -0.967. The number of carboxylic acid groups (broad SMARTS) is 1. The van der Waals surface area contributed by atoms with Gasteiger partial charge in [0, 0.05) is 13.0 Å². The molecule has 0 fully saturated rings. The molecular formula is C17H28N2O3. The van der Waals surface area contributed by atoms with Gasteiger partial charge in [-0.2, -0.15) is 0 Å². The van der Waals surface area contributed by atoms with E-state index in [1.165, 1.54) is 5.57 Å². The first kappa shape index (κ1) is 18.4. The number of nitrogens with one attached hydrogen (secondary N) is 1. The second-order valence-electron chi connectivity index (χ2n) is 5.99. The van der Waals surface area contributed by atoms with Crippen LogP contribution in [0.15, 0.2) is 23.8 Å². The summed E-state index contributed by atoms with van der Waals surface area (Å²) in [4.78, 5) is 22.2. The molecule has 0 radical (unpaired) electrons. The van der Waals surface area contributed by atoms with Crippen molar-refractivity contribution < 1.29 is 14.7 Å².